The third-order valence-electron chi connectivity index (χ3n) is 3.38. The molecular weight excluding hydrogens is 274 g/mol. The first-order valence-corrected chi connectivity index (χ1v) is 8.43. The number of hydroxylamine groups is 1. The second-order valence-corrected chi connectivity index (χ2v) is 5.85. The highest BCUT2D eigenvalue weighted by Gasteiger charge is 2.07. The molecule has 0 saturated heterocycles. The number of hydrogen-bond donors (Lipinski definition) is 1. The highest BCUT2D eigenvalue weighted by molar-refractivity contribution is 5.95. The molecule has 126 valence electrons. The highest BCUT2D eigenvalue weighted by Crippen LogP contribution is 2.16. The predicted molar refractivity (Wildman–Crippen MR) is 94.3 cm³/mol. The molecule has 0 aromatic rings. The number of nitrogens with one attached hydrogen (secondary N) is 1. The average molecular weight is 307 g/mol. The van der Waals surface area contributed by atoms with Crippen LogP contribution in [0.15, 0.2) is 36.0 Å². The second-order valence-electron chi connectivity index (χ2n) is 5.85. The number of unbranched alkanes of at least 4 members (excludes halogenated alkanes) is 2. The molecule has 1 N–H and O–H groups in total. The van der Waals surface area contributed by atoms with Crippen molar-refractivity contribution in [2.24, 2.45) is 11.8 Å². The van der Waals surface area contributed by atoms with Gasteiger partial charge in [0, 0.05) is 5.57 Å². The van der Waals surface area contributed by atoms with E-state index in [9.17, 15) is 4.79 Å². The molecule has 0 rings (SSSR count). The number of amides is 1. The van der Waals surface area contributed by atoms with Crippen LogP contribution in [-0.4, -0.2) is 13.0 Å². The summed E-state index contributed by atoms with van der Waals surface area (Å²) in [5.41, 5.74) is 3.05. The minimum absolute atomic E-state index is 0.185. The van der Waals surface area contributed by atoms with Crippen molar-refractivity contribution in [3.8, 4) is 0 Å². The summed E-state index contributed by atoms with van der Waals surface area (Å²) in [6, 6.07) is 0. The molecule has 1 amide bonds. The number of hydrogen-bond acceptors (Lipinski definition) is 2. The second kappa shape index (κ2) is 13.3. The van der Waals surface area contributed by atoms with Gasteiger partial charge in [0.15, 0.2) is 0 Å². The fraction of sp³-hybridized carbons (Fsp3) is 0.632. The Bertz CT molecular complexity index is 383. The molecule has 3 nitrogen and oxygen atoms in total. The van der Waals surface area contributed by atoms with Crippen LogP contribution in [0, 0.1) is 11.8 Å². The van der Waals surface area contributed by atoms with Gasteiger partial charge in [-0.05, 0) is 31.1 Å². The molecule has 22 heavy (non-hydrogen) atoms. The minimum atomic E-state index is -0.185. The van der Waals surface area contributed by atoms with E-state index in [-0.39, 0.29) is 5.91 Å². The van der Waals surface area contributed by atoms with Gasteiger partial charge in [0.25, 0.3) is 5.91 Å². The van der Waals surface area contributed by atoms with E-state index in [2.05, 4.69) is 51.4 Å². The summed E-state index contributed by atoms with van der Waals surface area (Å²) in [6.07, 6.45) is 15.9. The van der Waals surface area contributed by atoms with Gasteiger partial charge in [0.05, 0.1) is 7.11 Å². The Labute approximate surface area is 136 Å². The van der Waals surface area contributed by atoms with E-state index >= 15 is 0 Å². The third kappa shape index (κ3) is 10.4. The predicted octanol–water partition coefficient (Wildman–Crippen LogP) is 4.97. The molecule has 0 fully saturated rings. The van der Waals surface area contributed by atoms with Crippen molar-refractivity contribution in [1.82, 2.24) is 5.48 Å². The maximum absolute atomic E-state index is 11.9. The molecule has 0 aromatic carbocycles. The summed E-state index contributed by atoms with van der Waals surface area (Å²) < 4.78 is 0. The van der Waals surface area contributed by atoms with Gasteiger partial charge >= 0.3 is 0 Å². The molecule has 3 heteroatoms. The van der Waals surface area contributed by atoms with Crippen molar-refractivity contribution >= 4 is 5.91 Å². The fourth-order valence-corrected chi connectivity index (χ4v) is 2.19. The summed E-state index contributed by atoms with van der Waals surface area (Å²) in [7, 11) is 1.45. The number of carbonyl (C=O) groups is 1. The summed E-state index contributed by atoms with van der Waals surface area (Å²) in [5.74, 6) is 0.805. The molecule has 2 unspecified atom stereocenters. The van der Waals surface area contributed by atoms with Crippen LogP contribution in [0.2, 0.25) is 0 Å². The first-order valence-electron chi connectivity index (χ1n) is 8.43. The van der Waals surface area contributed by atoms with Crippen LogP contribution in [0.4, 0.5) is 0 Å². The Hall–Kier alpha value is -1.35. The molecule has 0 aliphatic heterocycles. The van der Waals surface area contributed by atoms with Crippen LogP contribution in [0.25, 0.3) is 0 Å². The van der Waals surface area contributed by atoms with Crippen LogP contribution in [0.5, 0.6) is 0 Å². The van der Waals surface area contributed by atoms with Crippen LogP contribution < -0.4 is 5.48 Å². The van der Waals surface area contributed by atoms with Gasteiger partial charge in [-0.1, -0.05) is 70.9 Å². The van der Waals surface area contributed by atoms with Crippen molar-refractivity contribution < 1.29 is 9.63 Å². The van der Waals surface area contributed by atoms with Gasteiger partial charge < -0.3 is 0 Å². The molecule has 0 spiro atoms. The van der Waals surface area contributed by atoms with E-state index in [0.29, 0.717) is 17.4 Å². The lowest BCUT2D eigenvalue weighted by Crippen LogP contribution is -2.23. The zero-order chi connectivity index (χ0) is 16.8. The van der Waals surface area contributed by atoms with Gasteiger partial charge in [-0.3, -0.25) is 9.63 Å². The zero-order valence-electron chi connectivity index (χ0n) is 14.9. The molecule has 0 heterocycles. The van der Waals surface area contributed by atoms with E-state index in [0.717, 1.165) is 25.7 Å². The Balaban J connectivity index is 4.56. The number of carbonyl (C=O) groups excluding carboxylic acids is 1. The summed E-state index contributed by atoms with van der Waals surface area (Å²) in [4.78, 5) is 16.6. The van der Waals surface area contributed by atoms with E-state index in [1.165, 1.54) is 13.5 Å². The zero-order valence-corrected chi connectivity index (χ0v) is 14.9. The van der Waals surface area contributed by atoms with Crippen LogP contribution in [-0.2, 0) is 9.63 Å². The summed E-state index contributed by atoms with van der Waals surface area (Å²) in [5, 5.41) is 0. The van der Waals surface area contributed by atoms with Gasteiger partial charge in [0.1, 0.15) is 0 Å². The Kier molecular flexibility index (Phi) is 12.5. The SMILES string of the molecule is CCC/C=C/C(C)CC(C)/C=C\C(=C/CCC)C(=O)NOC. The van der Waals surface area contributed by atoms with Crippen molar-refractivity contribution in [1.29, 1.82) is 0 Å². The Morgan fingerprint density at radius 1 is 1.09 bits per heavy atom. The molecule has 0 aliphatic carbocycles. The molecule has 0 bridgehead atoms. The summed E-state index contributed by atoms with van der Waals surface area (Å²) in [6.45, 7) is 8.71. The topological polar surface area (TPSA) is 38.3 Å². The number of rotatable bonds is 11. The Morgan fingerprint density at radius 3 is 2.32 bits per heavy atom. The maximum Gasteiger partial charge on any atom is 0.274 e. The van der Waals surface area contributed by atoms with Crippen LogP contribution in [0.3, 0.4) is 0 Å². The van der Waals surface area contributed by atoms with Gasteiger partial charge in [0.2, 0.25) is 0 Å². The van der Waals surface area contributed by atoms with E-state index in [1.54, 1.807) is 0 Å². The third-order valence-corrected chi connectivity index (χ3v) is 3.38. The monoisotopic (exact) mass is 307 g/mol. The van der Waals surface area contributed by atoms with E-state index < -0.39 is 0 Å². The standard InChI is InChI=1S/C19H33NO2/c1-6-8-10-11-16(3)15-17(4)13-14-18(12-9-7-2)19(21)20-22-5/h10-14,16-17H,6-9,15H2,1-5H3,(H,20,21)/b11-10+,14-13-,18-12+. The quantitative estimate of drug-likeness (QED) is 0.253. The lowest BCUT2D eigenvalue weighted by atomic mass is 9.95. The molecule has 0 aliphatic rings. The fourth-order valence-electron chi connectivity index (χ4n) is 2.19. The van der Waals surface area contributed by atoms with E-state index in [4.69, 9.17) is 4.84 Å². The summed E-state index contributed by atoms with van der Waals surface area (Å²) >= 11 is 0. The lowest BCUT2D eigenvalue weighted by Gasteiger charge is -2.11. The maximum atomic E-state index is 11.9. The minimum Gasteiger partial charge on any atom is -0.277 e. The first kappa shape index (κ1) is 20.6. The molecule has 0 aromatic heterocycles. The van der Waals surface area contributed by atoms with Gasteiger partial charge in [-0.2, -0.15) is 0 Å². The lowest BCUT2D eigenvalue weighted by molar-refractivity contribution is -0.127. The van der Waals surface area contributed by atoms with Crippen molar-refractivity contribution in [3.63, 3.8) is 0 Å². The molecule has 2 atom stereocenters. The van der Waals surface area contributed by atoms with Gasteiger partial charge in [-0.25, -0.2) is 5.48 Å². The van der Waals surface area contributed by atoms with Crippen LogP contribution in [0.1, 0.15) is 59.8 Å². The van der Waals surface area contributed by atoms with Gasteiger partial charge in [-0.15, -0.1) is 0 Å². The molecular formula is C19H33NO2. The smallest absolute Gasteiger partial charge is 0.274 e. The van der Waals surface area contributed by atoms with E-state index in [1.807, 2.05) is 12.2 Å². The van der Waals surface area contributed by atoms with Crippen molar-refractivity contribution in [2.45, 2.75) is 59.8 Å². The Morgan fingerprint density at radius 2 is 1.73 bits per heavy atom. The number of allylic oxidation sites excluding steroid dienone is 4. The molecule has 0 radical (unpaired) electrons. The molecule has 0 saturated carbocycles. The first-order chi connectivity index (χ1) is 10.5. The average Bonchev–Trinajstić information content (AvgIpc) is 2.47. The largest absolute Gasteiger partial charge is 0.277 e. The highest BCUT2D eigenvalue weighted by atomic mass is 16.6. The van der Waals surface area contributed by atoms with Crippen molar-refractivity contribution in [3.05, 3.63) is 36.0 Å². The normalized spacial score (nSPS) is 15.4. The van der Waals surface area contributed by atoms with Crippen molar-refractivity contribution in [2.75, 3.05) is 7.11 Å². The van der Waals surface area contributed by atoms with Crippen LogP contribution >= 0.6 is 0 Å².